The number of hydrogen-bond donors (Lipinski definition) is 2. The number of nitrogens with one attached hydrogen (secondary N) is 1. The van der Waals surface area contributed by atoms with Crippen LogP contribution in [0, 0.1) is 0 Å². The highest BCUT2D eigenvalue weighted by atomic mass is 79.9. The number of aliphatic hydroxyl groups is 1. The lowest BCUT2D eigenvalue weighted by Gasteiger charge is -2.32. The van der Waals surface area contributed by atoms with E-state index in [1.807, 2.05) is 103 Å². The third-order valence-electron chi connectivity index (χ3n) is 9.85. The van der Waals surface area contributed by atoms with Crippen molar-refractivity contribution in [3.05, 3.63) is 184 Å². The van der Waals surface area contributed by atoms with Gasteiger partial charge in [0.1, 0.15) is 5.75 Å². The average molecular weight is 750 g/mol. The molecule has 6 aromatic rings. The summed E-state index contributed by atoms with van der Waals surface area (Å²) in [6.45, 7) is 0.481. The number of rotatable bonds is 11. The molecule has 258 valence electrons. The van der Waals surface area contributed by atoms with E-state index in [0.29, 0.717) is 31.1 Å². The van der Waals surface area contributed by atoms with Crippen LogP contribution in [0.15, 0.2) is 161 Å². The van der Waals surface area contributed by atoms with Gasteiger partial charge in [0.25, 0.3) is 5.91 Å². The number of ether oxygens (including phenoxy) is 2. The molecule has 0 spiro atoms. The zero-order valence-corrected chi connectivity index (χ0v) is 30.0. The van der Waals surface area contributed by atoms with E-state index >= 15 is 4.79 Å². The van der Waals surface area contributed by atoms with Crippen molar-refractivity contribution in [1.82, 2.24) is 5.32 Å². The number of hydrogen-bond acceptors (Lipinski definition) is 5. The van der Waals surface area contributed by atoms with Crippen LogP contribution >= 0.6 is 15.9 Å². The van der Waals surface area contributed by atoms with Crippen molar-refractivity contribution in [3.63, 3.8) is 0 Å². The molecule has 6 nitrogen and oxygen atoms in total. The second-order valence-corrected chi connectivity index (χ2v) is 14.1. The van der Waals surface area contributed by atoms with E-state index < -0.39 is 11.6 Å². The fourth-order valence-corrected chi connectivity index (χ4v) is 7.51. The Morgan fingerprint density at radius 2 is 1.33 bits per heavy atom. The number of nitrogens with zero attached hydrogens (tertiary/aromatic N) is 1. The summed E-state index contributed by atoms with van der Waals surface area (Å²) in [6.07, 6.45) is 0.119. The lowest BCUT2D eigenvalue weighted by molar-refractivity contribution is -0.129. The van der Waals surface area contributed by atoms with E-state index in [0.717, 1.165) is 54.5 Å². The molecule has 1 amide bonds. The van der Waals surface area contributed by atoms with Gasteiger partial charge >= 0.3 is 0 Å². The molecule has 1 aliphatic heterocycles. The molecule has 52 heavy (non-hydrogen) atoms. The molecule has 2 atom stereocenters. The quantitative estimate of drug-likeness (QED) is 0.130. The van der Waals surface area contributed by atoms with E-state index in [4.69, 9.17) is 14.5 Å². The summed E-state index contributed by atoms with van der Waals surface area (Å²) in [4.78, 5) is 20.6. The number of amides is 1. The molecule has 7 heteroatoms. The van der Waals surface area contributed by atoms with Gasteiger partial charge in [0.15, 0.2) is 11.6 Å². The fraction of sp³-hybridized carbons (Fsp3) is 0.156. The Hall–Kier alpha value is -5.50. The third kappa shape index (κ3) is 6.54. The summed E-state index contributed by atoms with van der Waals surface area (Å²) in [5.41, 5.74) is 7.71. The maximum atomic E-state index is 15.3. The Morgan fingerprint density at radius 3 is 1.98 bits per heavy atom. The van der Waals surface area contributed by atoms with E-state index in [-0.39, 0.29) is 18.6 Å². The first-order valence-electron chi connectivity index (χ1n) is 17.5. The van der Waals surface area contributed by atoms with Gasteiger partial charge in [-0.15, -0.1) is 0 Å². The molecule has 8 rings (SSSR count). The number of halogens is 1. The van der Waals surface area contributed by atoms with Crippen LogP contribution < -0.4 is 10.1 Å². The van der Waals surface area contributed by atoms with E-state index in [2.05, 4.69) is 69.8 Å². The molecule has 0 saturated heterocycles. The van der Waals surface area contributed by atoms with Crippen LogP contribution in [0.4, 0.5) is 0 Å². The van der Waals surface area contributed by atoms with Crippen molar-refractivity contribution in [1.29, 1.82) is 0 Å². The molecule has 0 radical (unpaired) electrons. The number of carbonyl (C=O) groups is 1. The first-order chi connectivity index (χ1) is 25.5. The molecule has 0 bridgehead atoms. The molecular weight excluding hydrogens is 712 g/mol. The highest BCUT2D eigenvalue weighted by Gasteiger charge is 2.54. The number of benzene rings is 6. The second kappa shape index (κ2) is 14.6. The number of carbonyl (C=O) groups excluding carboxylic acids is 1. The molecule has 6 aromatic carbocycles. The Labute approximate surface area is 311 Å². The monoisotopic (exact) mass is 748 g/mol. The average Bonchev–Trinajstić information content (AvgIpc) is 3.73. The van der Waals surface area contributed by atoms with Crippen molar-refractivity contribution in [2.75, 3.05) is 13.2 Å². The van der Waals surface area contributed by atoms with Crippen LogP contribution in [0.3, 0.4) is 0 Å². The van der Waals surface area contributed by atoms with Gasteiger partial charge in [-0.25, -0.2) is 4.99 Å². The Balaban J connectivity index is 1.23. The lowest BCUT2D eigenvalue weighted by atomic mass is 9.81. The largest absolute Gasteiger partial charge is 0.494 e. The maximum Gasteiger partial charge on any atom is 0.253 e. The summed E-state index contributed by atoms with van der Waals surface area (Å²) >= 11 is 3.58. The van der Waals surface area contributed by atoms with Crippen LogP contribution in [0.2, 0.25) is 0 Å². The van der Waals surface area contributed by atoms with Crippen LogP contribution in [-0.4, -0.2) is 35.7 Å². The van der Waals surface area contributed by atoms with E-state index in [9.17, 15) is 5.11 Å². The summed E-state index contributed by atoms with van der Waals surface area (Å²) in [5.74, 6) is 0.850. The highest BCUT2D eigenvalue weighted by molar-refractivity contribution is 9.10. The topological polar surface area (TPSA) is 80.2 Å². The lowest BCUT2D eigenvalue weighted by Crippen LogP contribution is -2.50. The van der Waals surface area contributed by atoms with Gasteiger partial charge in [-0.1, -0.05) is 131 Å². The first kappa shape index (κ1) is 33.6. The van der Waals surface area contributed by atoms with Gasteiger partial charge in [-0.05, 0) is 80.9 Å². The minimum Gasteiger partial charge on any atom is -0.494 e. The fourth-order valence-electron chi connectivity index (χ4n) is 7.24. The third-order valence-corrected chi connectivity index (χ3v) is 10.4. The van der Waals surface area contributed by atoms with Crippen molar-refractivity contribution in [2.24, 2.45) is 4.99 Å². The molecule has 2 aliphatic rings. The predicted molar refractivity (Wildman–Crippen MR) is 208 cm³/mol. The molecule has 0 unspecified atom stereocenters. The highest BCUT2D eigenvalue weighted by Crippen LogP contribution is 2.46. The minimum absolute atomic E-state index is 0.0665. The number of aliphatic hydroxyl groups excluding tert-OH is 1. The molecule has 0 aromatic heterocycles. The minimum atomic E-state index is -1.36. The first-order valence-corrected chi connectivity index (χ1v) is 18.3. The summed E-state index contributed by atoms with van der Waals surface area (Å²) < 4.78 is 13.6. The normalized spacial score (nSPS) is 17.5. The van der Waals surface area contributed by atoms with E-state index in [1.54, 1.807) is 0 Å². The summed E-state index contributed by atoms with van der Waals surface area (Å²) in [7, 11) is 0. The molecule has 0 saturated carbocycles. The van der Waals surface area contributed by atoms with Crippen LogP contribution in [0.25, 0.3) is 22.3 Å². The van der Waals surface area contributed by atoms with Crippen LogP contribution in [0.1, 0.15) is 46.4 Å². The standard InChI is InChI=1S/C45H37BrN2O4/c46-35-23-15-30(16-24-35)29-45(44(50)47-41-39-13-6-4-11-37(39)38-12-5-7-14-40(38)41)42(33-19-17-32(18-20-33)31-9-2-1-3-10-31)52-43(48-45)34-21-25-36(26-22-34)51-28-8-27-49/h1-7,9-26,41-42,49H,8,27-29H2,(H,47,50)/t42-,45-/m1/s1. The SMILES string of the molecule is O=C(NC1c2ccccc2-c2ccccc21)[C@]1(Cc2ccc(Br)cc2)N=C(c2ccc(OCCCO)cc2)O[C@@H]1c1ccc(-c2ccccc2)cc1. The number of fused-ring (bicyclic) bond motifs is 3. The van der Waals surface area contributed by atoms with Crippen LogP contribution in [-0.2, 0) is 16.0 Å². The van der Waals surface area contributed by atoms with Crippen molar-refractivity contribution in [3.8, 4) is 28.0 Å². The van der Waals surface area contributed by atoms with Gasteiger partial charge in [0, 0.05) is 29.5 Å². The van der Waals surface area contributed by atoms with Crippen molar-refractivity contribution < 1.29 is 19.4 Å². The van der Waals surface area contributed by atoms with Gasteiger partial charge in [-0.3, -0.25) is 4.79 Å². The molecule has 2 N–H and O–H groups in total. The second-order valence-electron chi connectivity index (χ2n) is 13.2. The Kier molecular flexibility index (Phi) is 9.46. The summed E-state index contributed by atoms with van der Waals surface area (Å²) in [6, 6.07) is 50.2. The van der Waals surface area contributed by atoms with Gasteiger partial charge in [0.2, 0.25) is 5.90 Å². The Bertz CT molecular complexity index is 2170. The smallest absolute Gasteiger partial charge is 0.253 e. The zero-order chi connectivity index (χ0) is 35.5. The zero-order valence-electron chi connectivity index (χ0n) is 28.4. The van der Waals surface area contributed by atoms with Gasteiger partial charge < -0.3 is 19.9 Å². The van der Waals surface area contributed by atoms with Gasteiger partial charge in [0.05, 0.1) is 12.6 Å². The van der Waals surface area contributed by atoms with E-state index in [1.165, 1.54) is 0 Å². The Morgan fingerprint density at radius 1 is 0.731 bits per heavy atom. The van der Waals surface area contributed by atoms with Gasteiger partial charge in [-0.2, -0.15) is 0 Å². The summed E-state index contributed by atoms with van der Waals surface area (Å²) in [5, 5.41) is 12.7. The molecule has 0 fully saturated rings. The predicted octanol–water partition coefficient (Wildman–Crippen LogP) is 9.26. The maximum absolute atomic E-state index is 15.3. The van der Waals surface area contributed by atoms with Crippen LogP contribution in [0.5, 0.6) is 5.75 Å². The molecular formula is C45H37BrN2O4. The molecule has 1 aliphatic carbocycles. The number of aliphatic imine (C=N–C) groups is 1. The van der Waals surface area contributed by atoms with Crippen molar-refractivity contribution in [2.45, 2.75) is 30.5 Å². The van der Waals surface area contributed by atoms with Crippen molar-refractivity contribution >= 4 is 27.7 Å². The molecule has 1 heterocycles.